The number of rotatable bonds is 6. The lowest BCUT2D eigenvalue weighted by Gasteiger charge is -2.29. The predicted molar refractivity (Wildman–Crippen MR) is 105 cm³/mol. The zero-order valence-electron chi connectivity index (χ0n) is 16.2. The van der Waals surface area contributed by atoms with Gasteiger partial charge in [-0.05, 0) is 32.9 Å². The molecule has 1 aliphatic rings. The molecule has 1 fully saturated rings. The first kappa shape index (κ1) is 19.3. The minimum absolute atomic E-state index is 0.0420. The van der Waals surface area contributed by atoms with E-state index in [2.05, 4.69) is 25.5 Å². The van der Waals surface area contributed by atoms with Crippen LogP contribution < -0.4 is 10.6 Å². The summed E-state index contributed by atoms with van der Waals surface area (Å²) in [5, 5.41) is 6.20. The van der Waals surface area contributed by atoms with Crippen molar-refractivity contribution in [2.45, 2.75) is 26.8 Å². The summed E-state index contributed by atoms with van der Waals surface area (Å²) in [6, 6.07) is 8.03. The number of morpholine rings is 1. The third-order valence-electron chi connectivity index (χ3n) is 4.54. The fourth-order valence-electron chi connectivity index (χ4n) is 3.03. The van der Waals surface area contributed by atoms with E-state index in [0.29, 0.717) is 17.2 Å². The van der Waals surface area contributed by atoms with Crippen LogP contribution in [-0.2, 0) is 4.74 Å². The van der Waals surface area contributed by atoms with Crippen LogP contribution in [0.25, 0.3) is 0 Å². The topological polar surface area (TPSA) is 79.4 Å². The Morgan fingerprint density at radius 2 is 1.93 bits per heavy atom. The Hall–Kier alpha value is -2.51. The van der Waals surface area contributed by atoms with E-state index in [9.17, 15) is 4.79 Å². The van der Waals surface area contributed by atoms with Crippen LogP contribution >= 0.6 is 0 Å². The van der Waals surface area contributed by atoms with E-state index in [1.54, 1.807) is 6.20 Å². The van der Waals surface area contributed by atoms with Gasteiger partial charge in [-0.2, -0.15) is 0 Å². The monoisotopic (exact) mass is 369 g/mol. The molecule has 1 amide bonds. The van der Waals surface area contributed by atoms with Gasteiger partial charge >= 0.3 is 0 Å². The van der Waals surface area contributed by atoms with Gasteiger partial charge in [0, 0.05) is 37.6 Å². The number of amides is 1. The Kier molecular flexibility index (Phi) is 6.36. The van der Waals surface area contributed by atoms with E-state index >= 15 is 0 Å². The van der Waals surface area contributed by atoms with E-state index < -0.39 is 0 Å². The van der Waals surface area contributed by atoms with Gasteiger partial charge in [-0.25, -0.2) is 9.97 Å². The van der Waals surface area contributed by atoms with Crippen molar-refractivity contribution in [3.8, 4) is 0 Å². The molecule has 0 unspecified atom stereocenters. The summed E-state index contributed by atoms with van der Waals surface area (Å²) in [5.41, 5.74) is 3.25. The molecule has 27 heavy (non-hydrogen) atoms. The lowest BCUT2D eigenvalue weighted by atomic mass is 10.2. The van der Waals surface area contributed by atoms with E-state index in [0.717, 1.165) is 38.5 Å². The minimum Gasteiger partial charge on any atom is -0.379 e. The van der Waals surface area contributed by atoms with Crippen LogP contribution in [-0.4, -0.2) is 59.7 Å². The van der Waals surface area contributed by atoms with Gasteiger partial charge in [0.25, 0.3) is 5.91 Å². The number of nitrogens with one attached hydrogen (secondary N) is 2. The first-order valence-electron chi connectivity index (χ1n) is 9.29. The third kappa shape index (κ3) is 5.48. The molecule has 0 bridgehead atoms. The molecule has 1 atom stereocenters. The van der Waals surface area contributed by atoms with Gasteiger partial charge in [-0.1, -0.05) is 17.7 Å². The summed E-state index contributed by atoms with van der Waals surface area (Å²) in [4.78, 5) is 23.6. The summed E-state index contributed by atoms with van der Waals surface area (Å²) in [7, 11) is 0. The summed E-state index contributed by atoms with van der Waals surface area (Å²) >= 11 is 0. The number of aromatic nitrogens is 2. The molecule has 3 rings (SSSR count). The molecule has 2 heterocycles. The number of hydrogen-bond donors (Lipinski definition) is 2. The summed E-state index contributed by atoms with van der Waals surface area (Å²) < 4.78 is 5.36. The molecule has 1 aromatic heterocycles. The molecule has 2 N–H and O–H groups in total. The molecule has 1 aliphatic heterocycles. The van der Waals surface area contributed by atoms with Crippen molar-refractivity contribution in [3.05, 3.63) is 47.3 Å². The fourth-order valence-corrected chi connectivity index (χ4v) is 3.03. The first-order chi connectivity index (χ1) is 13.0. The van der Waals surface area contributed by atoms with E-state index in [-0.39, 0.29) is 11.9 Å². The maximum absolute atomic E-state index is 12.6. The number of carbonyl (C=O) groups is 1. The smallest absolute Gasteiger partial charge is 0.254 e. The van der Waals surface area contributed by atoms with Gasteiger partial charge in [-0.15, -0.1) is 0 Å². The highest BCUT2D eigenvalue weighted by Gasteiger charge is 2.18. The highest BCUT2D eigenvalue weighted by molar-refractivity contribution is 5.95. The molecular formula is C20H27N5O2. The molecule has 2 aromatic rings. The second-order valence-corrected chi connectivity index (χ2v) is 6.97. The molecule has 7 nitrogen and oxygen atoms in total. The average Bonchev–Trinajstić information content (AvgIpc) is 2.64. The van der Waals surface area contributed by atoms with Gasteiger partial charge in [0.2, 0.25) is 5.95 Å². The molecular weight excluding hydrogens is 342 g/mol. The highest BCUT2D eigenvalue weighted by Crippen LogP contribution is 2.15. The van der Waals surface area contributed by atoms with Crippen LogP contribution in [0.1, 0.15) is 28.5 Å². The lowest BCUT2D eigenvalue weighted by Crippen LogP contribution is -2.46. The van der Waals surface area contributed by atoms with Crippen molar-refractivity contribution in [2.24, 2.45) is 0 Å². The van der Waals surface area contributed by atoms with Crippen molar-refractivity contribution in [2.75, 3.05) is 38.2 Å². The Labute approximate surface area is 160 Å². The van der Waals surface area contributed by atoms with Crippen LogP contribution in [0.5, 0.6) is 0 Å². The molecule has 0 aliphatic carbocycles. The minimum atomic E-state index is -0.143. The van der Waals surface area contributed by atoms with Gasteiger partial charge in [0.05, 0.1) is 24.5 Å². The number of nitrogens with zero attached hydrogens (tertiary/aromatic N) is 3. The summed E-state index contributed by atoms with van der Waals surface area (Å²) in [6.07, 6.45) is 1.58. The van der Waals surface area contributed by atoms with E-state index in [4.69, 9.17) is 4.74 Å². The SMILES string of the molecule is Cc1ccc(Nc2ncc(C(=O)N[C@H](C)CN3CCOCC3)c(C)n2)cc1. The van der Waals surface area contributed by atoms with Crippen molar-refractivity contribution in [3.63, 3.8) is 0 Å². The van der Waals surface area contributed by atoms with E-state index in [1.165, 1.54) is 5.56 Å². The summed E-state index contributed by atoms with van der Waals surface area (Å²) in [5.74, 6) is 0.337. The molecule has 0 radical (unpaired) electrons. The molecule has 1 aromatic carbocycles. The number of benzene rings is 1. The van der Waals surface area contributed by atoms with Crippen LogP contribution in [0.2, 0.25) is 0 Å². The van der Waals surface area contributed by atoms with Gasteiger partial charge in [0.1, 0.15) is 0 Å². The number of carbonyl (C=O) groups excluding carboxylic acids is 1. The summed E-state index contributed by atoms with van der Waals surface area (Å²) in [6.45, 7) is 10.00. The van der Waals surface area contributed by atoms with Gasteiger partial charge in [0.15, 0.2) is 0 Å². The normalized spacial score (nSPS) is 16.0. The van der Waals surface area contributed by atoms with Crippen molar-refractivity contribution < 1.29 is 9.53 Å². The Morgan fingerprint density at radius 1 is 1.22 bits per heavy atom. The Morgan fingerprint density at radius 3 is 2.59 bits per heavy atom. The van der Waals surface area contributed by atoms with Crippen LogP contribution in [0.15, 0.2) is 30.5 Å². The first-order valence-corrected chi connectivity index (χ1v) is 9.29. The maximum Gasteiger partial charge on any atom is 0.254 e. The second-order valence-electron chi connectivity index (χ2n) is 6.97. The van der Waals surface area contributed by atoms with Crippen molar-refractivity contribution >= 4 is 17.5 Å². The zero-order valence-corrected chi connectivity index (χ0v) is 16.2. The third-order valence-corrected chi connectivity index (χ3v) is 4.54. The van der Waals surface area contributed by atoms with E-state index in [1.807, 2.05) is 45.0 Å². The predicted octanol–water partition coefficient (Wildman–Crippen LogP) is 2.29. The van der Waals surface area contributed by atoms with Crippen LogP contribution in [0.3, 0.4) is 0 Å². The highest BCUT2D eigenvalue weighted by atomic mass is 16.5. The fraction of sp³-hybridized carbons (Fsp3) is 0.450. The van der Waals surface area contributed by atoms with Crippen LogP contribution in [0.4, 0.5) is 11.6 Å². The Bertz CT molecular complexity index is 772. The maximum atomic E-state index is 12.6. The zero-order chi connectivity index (χ0) is 19.2. The number of ether oxygens (including phenoxy) is 1. The van der Waals surface area contributed by atoms with Crippen LogP contribution in [0, 0.1) is 13.8 Å². The van der Waals surface area contributed by atoms with Gasteiger partial charge < -0.3 is 15.4 Å². The standard InChI is InChI=1S/C20H27N5O2/c1-14-4-6-17(7-5-14)24-20-21-12-18(16(3)23-20)19(26)22-15(2)13-25-8-10-27-11-9-25/h4-7,12,15H,8-11,13H2,1-3H3,(H,22,26)(H,21,23,24)/t15-/m1/s1. The van der Waals surface area contributed by atoms with Gasteiger partial charge in [-0.3, -0.25) is 9.69 Å². The van der Waals surface area contributed by atoms with Crippen molar-refractivity contribution in [1.82, 2.24) is 20.2 Å². The Balaban J connectivity index is 1.58. The molecule has 0 saturated carbocycles. The largest absolute Gasteiger partial charge is 0.379 e. The number of hydrogen-bond acceptors (Lipinski definition) is 6. The molecule has 0 spiro atoms. The number of anilines is 2. The molecule has 1 saturated heterocycles. The second kappa shape index (κ2) is 8.92. The average molecular weight is 369 g/mol. The molecule has 7 heteroatoms. The molecule has 144 valence electrons. The quantitative estimate of drug-likeness (QED) is 0.813. The van der Waals surface area contributed by atoms with Crippen molar-refractivity contribution in [1.29, 1.82) is 0 Å². The number of aryl methyl sites for hydroxylation is 2. The lowest BCUT2D eigenvalue weighted by molar-refractivity contribution is 0.0342.